The van der Waals surface area contributed by atoms with Crippen LogP contribution in [0.1, 0.15) is 16.6 Å². The van der Waals surface area contributed by atoms with E-state index in [2.05, 4.69) is 20.5 Å². The molecule has 1 amide bonds. The number of amides is 1. The highest BCUT2D eigenvalue weighted by molar-refractivity contribution is 7.99. The van der Waals surface area contributed by atoms with E-state index in [0.717, 1.165) is 22.2 Å². The fraction of sp³-hybridized carbons (Fsp3) is 0.176. The van der Waals surface area contributed by atoms with Crippen LogP contribution < -0.4 is 11.1 Å². The lowest BCUT2D eigenvalue weighted by Gasteiger charge is -2.05. The summed E-state index contributed by atoms with van der Waals surface area (Å²) in [6, 6.07) is 11.4. The Morgan fingerprint density at radius 2 is 2.11 bits per heavy atom. The largest absolute Gasteiger partial charge is 0.462 e. The first kappa shape index (κ1) is 18.9. The van der Waals surface area contributed by atoms with Gasteiger partial charge in [-0.15, -0.1) is 16.4 Å². The van der Waals surface area contributed by atoms with Gasteiger partial charge in [-0.2, -0.15) is 4.98 Å². The van der Waals surface area contributed by atoms with Crippen LogP contribution in [-0.4, -0.2) is 39.4 Å². The van der Waals surface area contributed by atoms with Crippen LogP contribution in [0.5, 0.6) is 0 Å². The van der Waals surface area contributed by atoms with Gasteiger partial charge in [-0.05, 0) is 18.6 Å². The van der Waals surface area contributed by atoms with Gasteiger partial charge in [0.1, 0.15) is 4.88 Å². The first-order valence-electron chi connectivity index (χ1n) is 8.03. The Morgan fingerprint density at radius 1 is 1.33 bits per heavy atom. The molecular weight excluding hydrogens is 386 g/mol. The summed E-state index contributed by atoms with van der Waals surface area (Å²) in [6.07, 6.45) is 0. The van der Waals surface area contributed by atoms with Gasteiger partial charge < -0.3 is 15.8 Å². The van der Waals surface area contributed by atoms with Crippen molar-refractivity contribution in [1.82, 2.24) is 15.2 Å². The number of nitrogens with two attached hydrogens (primary N) is 1. The molecule has 4 N–H and O–H groups in total. The second kappa shape index (κ2) is 8.69. The molecule has 8 nitrogen and oxygen atoms in total. The highest BCUT2D eigenvalue weighted by Gasteiger charge is 2.20. The summed E-state index contributed by atoms with van der Waals surface area (Å²) >= 11 is 2.42. The fourth-order valence-corrected chi connectivity index (χ4v) is 3.83. The third-order valence-electron chi connectivity index (χ3n) is 3.34. The highest BCUT2D eigenvalue weighted by atomic mass is 32.2. The van der Waals surface area contributed by atoms with Gasteiger partial charge in [0.15, 0.2) is 0 Å². The molecule has 0 fully saturated rings. The van der Waals surface area contributed by atoms with Gasteiger partial charge >= 0.3 is 5.97 Å². The van der Waals surface area contributed by atoms with E-state index in [4.69, 9.17) is 10.5 Å². The maximum absolute atomic E-state index is 12.3. The van der Waals surface area contributed by atoms with E-state index >= 15 is 0 Å². The van der Waals surface area contributed by atoms with Gasteiger partial charge in [0.05, 0.1) is 18.0 Å². The number of hydrogen-bond acceptors (Lipinski definition) is 8. The van der Waals surface area contributed by atoms with Gasteiger partial charge in [0.25, 0.3) is 0 Å². The third kappa shape index (κ3) is 4.86. The molecule has 0 radical (unpaired) electrons. The minimum absolute atomic E-state index is 0.0794. The number of nitrogens with zero attached hydrogens (tertiary/aromatic N) is 2. The van der Waals surface area contributed by atoms with Crippen LogP contribution in [0, 0.1) is 0 Å². The average molecular weight is 403 g/mol. The first-order chi connectivity index (χ1) is 13.1. The van der Waals surface area contributed by atoms with Crippen LogP contribution in [0.3, 0.4) is 0 Å². The van der Waals surface area contributed by atoms with Gasteiger partial charge in [-0.1, -0.05) is 42.1 Å². The number of H-pyrrole nitrogens is 1. The zero-order chi connectivity index (χ0) is 19.2. The molecule has 3 aromatic rings. The quantitative estimate of drug-likeness (QED) is 0.409. The summed E-state index contributed by atoms with van der Waals surface area (Å²) < 4.78 is 5.11. The van der Waals surface area contributed by atoms with Gasteiger partial charge in [-0.3, -0.25) is 4.79 Å². The van der Waals surface area contributed by atoms with Gasteiger partial charge in [-0.25, -0.2) is 9.89 Å². The molecule has 2 heterocycles. The Balaban J connectivity index is 1.76. The van der Waals surface area contributed by atoms with E-state index in [9.17, 15) is 9.59 Å². The van der Waals surface area contributed by atoms with Crippen LogP contribution in [0.2, 0.25) is 0 Å². The molecule has 10 heteroatoms. The summed E-state index contributed by atoms with van der Waals surface area (Å²) in [5, 5.41) is 9.51. The van der Waals surface area contributed by atoms with Crippen molar-refractivity contribution >= 4 is 46.6 Å². The van der Waals surface area contributed by atoms with Crippen molar-refractivity contribution in [2.24, 2.45) is 0 Å². The zero-order valence-corrected chi connectivity index (χ0v) is 16.0. The van der Waals surface area contributed by atoms with E-state index in [0.29, 0.717) is 15.7 Å². The number of anilines is 2. The Hall–Kier alpha value is -2.85. The lowest BCUT2D eigenvalue weighted by molar-refractivity contribution is -0.113. The summed E-state index contributed by atoms with van der Waals surface area (Å²) in [5.41, 5.74) is 6.84. The van der Waals surface area contributed by atoms with Crippen molar-refractivity contribution in [3.05, 3.63) is 41.3 Å². The minimum atomic E-state index is -0.464. The SMILES string of the molecule is CCOC(=O)c1sc(-c2ccccc2)cc1NC(=O)CSc1n[nH]c(N)n1. The molecule has 0 unspecified atom stereocenters. The number of thioether (sulfide) groups is 1. The molecule has 2 aromatic heterocycles. The molecule has 0 aliphatic heterocycles. The molecule has 0 saturated heterocycles. The van der Waals surface area contributed by atoms with E-state index < -0.39 is 5.97 Å². The van der Waals surface area contributed by atoms with Crippen molar-refractivity contribution in [2.45, 2.75) is 12.1 Å². The lowest BCUT2D eigenvalue weighted by Crippen LogP contribution is -2.16. The Morgan fingerprint density at radius 3 is 2.78 bits per heavy atom. The molecule has 0 spiro atoms. The standard InChI is InChI=1S/C17H17N5O3S2/c1-2-25-15(24)14-11(8-12(27-14)10-6-4-3-5-7-10)19-13(23)9-26-17-20-16(18)21-22-17/h3-8H,2,9H2,1H3,(H,19,23)(H3,18,20,21,22). The molecule has 0 atom stereocenters. The number of nitrogen functional groups attached to an aromatic ring is 1. The maximum atomic E-state index is 12.3. The number of rotatable bonds is 7. The summed E-state index contributed by atoms with van der Waals surface area (Å²) in [6.45, 7) is 1.99. The van der Waals surface area contributed by atoms with E-state index in [-0.39, 0.29) is 24.2 Å². The second-order valence-corrected chi connectivity index (χ2v) is 7.27. The molecule has 0 saturated carbocycles. The Bertz CT molecular complexity index is 939. The van der Waals surface area contributed by atoms with Crippen LogP contribution in [0.4, 0.5) is 11.6 Å². The highest BCUT2D eigenvalue weighted by Crippen LogP contribution is 2.35. The maximum Gasteiger partial charge on any atom is 0.350 e. The van der Waals surface area contributed by atoms with Gasteiger partial charge in [0, 0.05) is 4.88 Å². The first-order valence-corrected chi connectivity index (χ1v) is 9.84. The number of esters is 1. The van der Waals surface area contributed by atoms with Crippen molar-refractivity contribution in [1.29, 1.82) is 0 Å². The molecule has 140 valence electrons. The zero-order valence-electron chi connectivity index (χ0n) is 14.4. The summed E-state index contributed by atoms with van der Waals surface area (Å²) in [5.74, 6) is -0.482. The van der Waals surface area contributed by atoms with Gasteiger partial charge in [0.2, 0.25) is 17.0 Å². The van der Waals surface area contributed by atoms with Crippen molar-refractivity contribution in [3.8, 4) is 10.4 Å². The van der Waals surface area contributed by atoms with E-state index in [1.54, 1.807) is 13.0 Å². The lowest BCUT2D eigenvalue weighted by atomic mass is 10.2. The number of nitrogens with one attached hydrogen (secondary N) is 2. The predicted molar refractivity (Wildman–Crippen MR) is 106 cm³/mol. The number of aromatic amines is 1. The summed E-state index contributed by atoms with van der Waals surface area (Å²) in [4.78, 5) is 29.7. The number of carbonyl (C=O) groups is 2. The molecule has 0 aliphatic carbocycles. The smallest absolute Gasteiger partial charge is 0.350 e. The number of hydrogen-bond donors (Lipinski definition) is 3. The van der Waals surface area contributed by atoms with Crippen LogP contribution in [-0.2, 0) is 9.53 Å². The molecule has 0 aliphatic rings. The molecule has 1 aromatic carbocycles. The summed E-state index contributed by atoms with van der Waals surface area (Å²) in [7, 11) is 0. The Labute approximate surface area is 163 Å². The third-order valence-corrected chi connectivity index (χ3v) is 5.35. The molecule has 3 rings (SSSR count). The Kier molecular flexibility index (Phi) is 6.09. The van der Waals surface area contributed by atoms with E-state index in [1.165, 1.54) is 11.3 Å². The van der Waals surface area contributed by atoms with Crippen LogP contribution in [0.25, 0.3) is 10.4 Å². The fourth-order valence-electron chi connectivity index (χ4n) is 2.22. The molecule has 0 bridgehead atoms. The van der Waals surface area contributed by atoms with Crippen molar-refractivity contribution in [3.63, 3.8) is 0 Å². The van der Waals surface area contributed by atoms with E-state index in [1.807, 2.05) is 30.3 Å². The van der Waals surface area contributed by atoms with Crippen molar-refractivity contribution < 1.29 is 14.3 Å². The minimum Gasteiger partial charge on any atom is -0.462 e. The number of carbonyl (C=O) groups excluding carboxylic acids is 2. The second-order valence-electron chi connectivity index (χ2n) is 5.28. The van der Waals surface area contributed by atoms with Crippen LogP contribution >= 0.6 is 23.1 Å². The molecular formula is C17H17N5O3S2. The average Bonchev–Trinajstić information content (AvgIpc) is 3.27. The topological polar surface area (TPSA) is 123 Å². The predicted octanol–water partition coefficient (Wildman–Crippen LogP) is 3.02. The van der Waals surface area contributed by atoms with Crippen LogP contribution in [0.15, 0.2) is 41.6 Å². The number of benzene rings is 1. The van der Waals surface area contributed by atoms with Crippen molar-refractivity contribution in [2.75, 3.05) is 23.4 Å². The normalized spacial score (nSPS) is 10.6. The number of ether oxygens (including phenoxy) is 1. The number of thiophene rings is 1. The molecule has 27 heavy (non-hydrogen) atoms. The number of aromatic nitrogens is 3. The monoisotopic (exact) mass is 403 g/mol.